The van der Waals surface area contributed by atoms with E-state index in [0.29, 0.717) is 33.7 Å². The third kappa shape index (κ3) is 3.61. The van der Waals surface area contributed by atoms with Crippen molar-refractivity contribution in [3.63, 3.8) is 0 Å². The van der Waals surface area contributed by atoms with Gasteiger partial charge in [-0.15, -0.1) is 6.42 Å². The van der Waals surface area contributed by atoms with Gasteiger partial charge in [-0.3, -0.25) is 11.1 Å². The second kappa shape index (κ2) is 7.63. The Morgan fingerprint density at radius 1 is 1.28 bits per heavy atom. The summed E-state index contributed by atoms with van der Waals surface area (Å²) in [6.45, 7) is 5.07. The predicted octanol–water partition coefficient (Wildman–Crippen LogP) is 3.61. The Labute approximate surface area is 168 Å². The third-order valence-corrected chi connectivity index (χ3v) is 4.05. The normalized spacial score (nSPS) is 10.6. The summed E-state index contributed by atoms with van der Waals surface area (Å²) in [6.07, 6.45) is 3.69. The number of hydrogen-bond donors (Lipinski definition) is 0. The number of nitrogens with zero attached hydrogens (tertiary/aromatic N) is 2. The number of pyridine rings is 1. The summed E-state index contributed by atoms with van der Waals surface area (Å²) in [5, 5.41) is 0. The topological polar surface area (TPSA) is 51.4 Å². The van der Waals surface area contributed by atoms with Gasteiger partial charge in [-0.1, -0.05) is 0 Å². The fourth-order valence-corrected chi connectivity index (χ4v) is 2.88. The van der Waals surface area contributed by atoms with E-state index in [2.05, 4.69) is 4.98 Å². The van der Waals surface area contributed by atoms with Crippen LogP contribution in [-0.2, 0) is 11.2 Å². The molecule has 126 valence electrons. The molecule has 6 heteroatoms. The van der Waals surface area contributed by atoms with Gasteiger partial charge < -0.3 is 9.20 Å². The monoisotopic (exact) mass is 561 g/mol. The molecule has 0 aliphatic carbocycles. The molecule has 25 heavy (non-hydrogen) atoms. The number of Topliss-reactive ketones (excluding diaryl/α,β-unsaturated/α-hetero) is 1. The maximum Gasteiger partial charge on any atom is 0.159 e. The molecule has 4 nitrogen and oxygen atoms in total. The molecule has 0 amide bonds. The maximum absolute atomic E-state index is 14.7. The van der Waals surface area contributed by atoms with Crippen molar-refractivity contribution in [3.05, 3.63) is 58.7 Å². The van der Waals surface area contributed by atoms with Crippen molar-refractivity contribution in [2.45, 2.75) is 27.2 Å². The molecule has 3 rings (SSSR count). The number of carbonyl (C=O) groups is 1. The standard InChI is InChI=1S/C19H16FN2O2.U/c1-11-4-6-22-16(5-7-23)19(21-17(22)8-11)18-12(2)9-14(13(3)24)10-15(18)20;/h4,6,8-10H,5H2,1-3H3;/q-1;. The Hall–Kier alpha value is -1.77. The van der Waals surface area contributed by atoms with Crippen LogP contribution in [-0.4, -0.2) is 21.5 Å². The molecule has 0 bridgehead atoms. The zero-order valence-electron chi connectivity index (χ0n) is 14.2. The number of ketones is 1. The SMILES string of the molecule is CC(=O)c1cc(C)c(-c2nc3cc(C)ccn3c2C[C-]=O)c(F)c1.[U]. The first-order chi connectivity index (χ1) is 11.4. The molecule has 0 fully saturated rings. The zero-order valence-corrected chi connectivity index (χ0v) is 18.3. The van der Waals surface area contributed by atoms with Crippen molar-refractivity contribution < 1.29 is 45.1 Å². The van der Waals surface area contributed by atoms with Crippen LogP contribution in [0.3, 0.4) is 0 Å². The van der Waals surface area contributed by atoms with Crippen molar-refractivity contribution in [1.29, 1.82) is 0 Å². The van der Waals surface area contributed by atoms with E-state index < -0.39 is 5.82 Å². The van der Waals surface area contributed by atoms with Crippen molar-refractivity contribution >= 4 is 17.7 Å². The van der Waals surface area contributed by atoms with Crippen LogP contribution in [0.25, 0.3) is 16.9 Å². The number of aromatic nitrogens is 2. The van der Waals surface area contributed by atoms with Crippen LogP contribution in [0.2, 0.25) is 0 Å². The van der Waals surface area contributed by atoms with E-state index in [9.17, 15) is 14.0 Å². The summed E-state index contributed by atoms with van der Waals surface area (Å²) < 4.78 is 16.5. The number of rotatable bonds is 4. The Bertz CT molecular complexity index is 956. The van der Waals surface area contributed by atoms with Gasteiger partial charge in [0.05, 0.1) is 5.69 Å². The van der Waals surface area contributed by atoms with Crippen LogP contribution < -0.4 is 0 Å². The van der Waals surface area contributed by atoms with Gasteiger partial charge in [-0.25, -0.2) is 9.37 Å². The summed E-state index contributed by atoms with van der Waals surface area (Å²) in [6, 6.07) is 6.63. The van der Waals surface area contributed by atoms with E-state index in [4.69, 9.17) is 0 Å². The van der Waals surface area contributed by atoms with Crippen LogP contribution >= 0.6 is 0 Å². The third-order valence-electron chi connectivity index (χ3n) is 4.05. The summed E-state index contributed by atoms with van der Waals surface area (Å²) >= 11 is 0. The smallest absolute Gasteiger partial charge is 0.159 e. The minimum Gasteiger partial charge on any atom is -0.541 e. The predicted molar refractivity (Wildman–Crippen MR) is 89.5 cm³/mol. The summed E-state index contributed by atoms with van der Waals surface area (Å²) in [5.41, 5.74) is 3.89. The Balaban J connectivity index is 0.00000225. The fraction of sp³-hybridized carbons (Fsp3) is 0.211. The largest absolute Gasteiger partial charge is 0.541 e. The number of hydrogen-bond acceptors (Lipinski definition) is 3. The first kappa shape index (κ1) is 19.6. The molecule has 2 aromatic heterocycles. The Kier molecular flexibility index (Phi) is 5.97. The van der Waals surface area contributed by atoms with Gasteiger partial charge in [0, 0.05) is 54.1 Å². The number of aryl methyl sites for hydroxylation is 2. The summed E-state index contributed by atoms with van der Waals surface area (Å²) in [4.78, 5) is 27.0. The molecule has 2 heterocycles. The Morgan fingerprint density at radius 2 is 2.00 bits per heavy atom. The summed E-state index contributed by atoms with van der Waals surface area (Å²) in [5.74, 6) is -0.719. The van der Waals surface area contributed by atoms with E-state index >= 15 is 0 Å². The molecule has 3 aromatic rings. The average molecular weight is 561 g/mol. The zero-order chi connectivity index (χ0) is 17.4. The van der Waals surface area contributed by atoms with Gasteiger partial charge in [0.25, 0.3) is 0 Å². The van der Waals surface area contributed by atoms with Gasteiger partial charge in [0.2, 0.25) is 0 Å². The van der Waals surface area contributed by atoms with Gasteiger partial charge in [0.15, 0.2) is 5.78 Å². The first-order valence-electron chi connectivity index (χ1n) is 7.56. The molecule has 0 saturated carbocycles. The maximum atomic E-state index is 14.7. The average Bonchev–Trinajstić information content (AvgIpc) is 2.84. The molecule has 0 aliphatic heterocycles. The molecule has 1 aromatic carbocycles. The molecule has 0 atom stereocenters. The molecular weight excluding hydrogens is 545 g/mol. The minimum absolute atomic E-state index is 0. The molecule has 0 unspecified atom stereocenters. The number of halogens is 1. The quantitative estimate of drug-likeness (QED) is 0.362. The number of fused-ring (bicyclic) bond motifs is 1. The minimum atomic E-state index is -0.521. The van der Waals surface area contributed by atoms with E-state index in [-0.39, 0.29) is 43.3 Å². The molecule has 0 aliphatic rings. The first-order valence-corrected chi connectivity index (χ1v) is 7.56. The second-order valence-electron chi connectivity index (χ2n) is 5.87. The van der Waals surface area contributed by atoms with Crippen molar-refractivity contribution in [1.82, 2.24) is 9.38 Å². The molecule has 0 radical (unpaired) electrons. The van der Waals surface area contributed by atoms with Crippen LogP contribution in [0.4, 0.5) is 4.39 Å². The van der Waals surface area contributed by atoms with E-state index in [1.165, 1.54) is 13.0 Å². The van der Waals surface area contributed by atoms with Gasteiger partial charge >= 0.3 is 0 Å². The van der Waals surface area contributed by atoms with Gasteiger partial charge in [0.1, 0.15) is 11.5 Å². The fourth-order valence-electron chi connectivity index (χ4n) is 2.88. The van der Waals surface area contributed by atoms with Gasteiger partial charge in [-0.05, 0) is 56.2 Å². The summed E-state index contributed by atoms with van der Waals surface area (Å²) in [7, 11) is 0. The van der Waals surface area contributed by atoms with Crippen molar-refractivity contribution in [2.24, 2.45) is 0 Å². The van der Waals surface area contributed by atoms with Crippen molar-refractivity contribution in [3.8, 4) is 11.3 Å². The van der Waals surface area contributed by atoms with E-state index in [1.807, 2.05) is 31.5 Å². The number of carbonyl (C=O) groups excluding carboxylic acids is 2. The number of benzene rings is 1. The van der Waals surface area contributed by atoms with E-state index in [0.717, 1.165) is 5.56 Å². The van der Waals surface area contributed by atoms with Crippen molar-refractivity contribution in [2.75, 3.05) is 0 Å². The molecule has 0 N–H and O–H groups in total. The molecular formula is C19H16FN2O2U-. The van der Waals surface area contributed by atoms with Crippen LogP contribution in [0, 0.1) is 50.8 Å². The van der Waals surface area contributed by atoms with Crippen LogP contribution in [0.5, 0.6) is 0 Å². The van der Waals surface area contributed by atoms with E-state index in [1.54, 1.807) is 17.4 Å². The van der Waals surface area contributed by atoms with Crippen LogP contribution in [0.1, 0.15) is 34.1 Å². The number of imidazole rings is 1. The van der Waals surface area contributed by atoms with Crippen LogP contribution in [0.15, 0.2) is 30.5 Å². The van der Waals surface area contributed by atoms with Gasteiger partial charge in [-0.2, -0.15) is 0 Å². The second-order valence-corrected chi connectivity index (χ2v) is 5.87. The molecule has 0 spiro atoms. The molecule has 0 saturated heterocycles. The Morgan fingerprint density at radius 3 is 2.60 bits per heavy atom.